The smallest absolute Gasteiger partial charge is 0.225 e. The Labute approximate surface area is 141 Å². The number of amides is 1. The lowest BCUT2D eigenvalue weighted by atomic mass is 9.97. The molecule has 1 fully saturated rings. The van der Waals surface area contributed by atoms with Crippen molar-refractivity contribution in [2.24, 2.45) is 5.92 Å². The molecule has 1 aliphatic rings. The minimum Gasteiger partial charge on any atom is -0.445 e. The third-order valence-electron chi connectivity index (χ3n) is 4.47. The number of hydrogen-bond donors (Lipinski definition) is 0. The van der Waals surface area contributed by atoms with Gasteiger partial charge >= 0.3 is 0 Å². The van der Waals surface area contributed by atoms with Crippen molar-refractivity contribution in [2.45, 2.75) is 39.0 Å². The highest BCUT2D eigenvalue weighted by molar-refractivity contribution is 5.78. The van der Waals surface area contributed by atoms with E-state index in [9.17, 15) is 9.18 Å². The van der Waals surface area contributed by atoms with E-state index in [2.05, 4.69) is 4.98 Å². The van der Waals surface area contributed by atoms with Crippen LogP contribution in [0.5, 0.6) is 0 Å². The molecule has 128 valence electrons. The Balaban J connectivity index is 1.69. The predicted molar refractivity (Wildman–Crippen MR) is 89.1 cm³/mol. The van der Waals surface area contributed by atoms with Crippen molar-refractivity contribution in [3.05, 3.63) is 53.5 Å². The number of halogens is 1. The Bertz CT molecular complexity index is 711. The zero-order valence-corrected chi connectivity index (χ0v) is 14.2. The molecule has 5 heteroatoms. The molecule has 1 amide bonds. The van der Waals surface area contributed by atoms with Gasteiger partial charge < -0.3 is 9.32 Å². The molecule has 1 aromatic heterocycles. The van der Waals surface area contributed by atoms with Crippen molar-refractivity contribution in [1.82, 2.24) is 9.88 Å². The number of rotatable bonds is 4. The second-order valence-corrected chi connectivity index (χ2v) is 6.71. The third-order valence-corrected chi connectivity index (χ3v) is 4.47. The molecule has 0 aliphatic carbocycles. The number of benzene rings is 1. The van der Waals surface area contributed by atoms with Crippen LogP contribution >= 0.6 is 0 Å². The Hall–Kier alpha value is -2.17. The maximum atomic E-state index is 13.7. The van der Waals surface area contributed by atoms with Gasteiger partial charge in [-0.05, 0) is 24.5 Å². The summed E-state index contributed by atoms with van der Waals surface area (Å²) in [5.41, 5.74) is 0.598. The number of nitrogens with zero attached hydrogens (tertiary/aromatic N) is 2. The topological polar surface area (TPSA) is 46.3 Å². The van der Waals surface area contributed by atoms with Gasteiger partial charge in [0.05, 0.1) is 12.1 Å². The van der Waals surface area contributed by atoms with Crippen LogP contribution in [0.15, 0.2) is 34.9 Å². The number of oxazole rings is 1. The first-order chi connectivity index (χ1) is 11.5. The van der Waals surface area contributed by atoms with Gasteiger partial charge in [0.1, 0.15) is 11.6 Å². The molecule has 1 aromatic carbocycles. The van der Waals surface area contributed by atoms with Gasteiger partial charge in [-0.1, -0.05) is 32.0 Å². The summed E-state index contributed by atoms with van der Waals surface area (Å²) in [4.78, 5) is 18.5. The maximum Gasteiger partial charge on any atom is 0.225 e. The van der Waals surface area contributed by atoms with E-state index in [-0.39, 0.29) is 23.6 Å². The summed E-state index contributed by atoms with van der Waals surface area (Å²) in [6.07, 6.45) is 3.97. The van der Waals surface area contributed by atoms with Gasteiger partial charge in [0.15, 0.2) is 5.89 Å². The lowest BCUT2D eigenvalue weighted by molar-refractivity contribution is -0.135. The molecule has 0 saturated carbocycles. The van der Waals surface area contributed by atoms with Gasteiger partial charge in [0.2, 0.25) is 5.91 Å². The monoisotopic (exact) mass is 330 g/mol. The second-order valence-electron chi connectivity index (χ2n) is 6.71. The molecule has 2 aromatic rings. The summed E-state index contributed by atoms with van der Waals surface area (Å²) in [6, 6.07) is 6.68. The van der Waals surface area contributed by atoms with E-state index in [1.807, 2.05) is 24.8 Å². The predicted octanol–water partition coefficient (Wildman–Crippen LogP) is 3.77. The van der Waals surface area contributed by atoms with Crippen molar-refractivity contribution < 1.29 is 13.6 Å². The van der Waals surface area contributed by atoms with Crippen molar-refractivity contribution in [3.63, 3.8) is 0 Å². The van der Waals surface area contributed by atoms with Gasteiger partial charge in [0.25, 0.3) is 0 Å². The average molecular weight is 330 g/mol. The SMILES string of the molecule is CC(C)C(=O)N1CCC[C@@H](c2ncc(Cc3ccccc3F)o2)C1. The van der Waals surface area contributed by atoms with E-state index < -0.39 is 0 Å². The van der Waals surface area contributed by atoms with Crippen LogP contribution in [-0.4, -0.2) is 28.9 Å². The molecule has 1 saturated heterocycles. The van der Waals surface area contributed by atoms with E-state index >= 15 is 0 Å². The summed E-state index contributed by atoms with van der Waals surface area (Å²) in [5, 5.41) is 0. The molecule has 0 radical (unpaired) electrons. The fourth-order valence-electron chi connectivity index (χ4n) is 3.17. The van der Waals surface area contributed by atoms with Crippen LogP contribution in [0.25, 0.3) is 0 Å². The van der Waals surface area contributed by atoms with Gasteiger partial charge in [-0.15, -0.1) is 0 Å². The van der Waals surface area contributed by atoms with Gasteiger partial charge in [-0.2, -0.15) is 0 Å². The van der Waals surface area contributed by atoms with E-state index in [4.69, 9.17) is 4.42 Å². The molecule has 4 nitrogen and oxygen atoms in total. The molecular weight excluding hydrogens is 307 g/mol. The van der Waals surface area contributed by atoms with E-state index in [1.54, 1.807) is 18.3 Å². The fourth-order valence-corrected chi connectivity index (χ4v) is 3.17. The van der Waals surface area contributed by atoms with Crippen molar-refractivity contribution in [1.29, 1.82) is 0 Å². The van der Waals surface area contributed by atoms with Crippen LogP contribution in [-0.2, 0) is 11.2 Å². The molecule has 0 unspecified atom stereocenters. The third kappa shape index (κ3) is 3.66. The molecule has 1 aliphatic heterocycles. The summed E-state index contributed by atoms with van der Waals surface area (Å²) in [7, 11) is 0. The van der Waals surface area contributed by atoms with Crippen molar-refractivity contribution in [3.8, 4) is 0 Å². The molecule has 3 rings (SSSR count). The largest absolute Gasteiger partial charge is 0.445 e. The molecule has 1 atom stereocenters. The summed E-state index contributed by atoms with van der Waals surface area (Å²) < 4.78 is 19.6. The van der Waals surface area contributed by atoms with Crippen LogP contribution in [0, 0.1) is 11.7 Å². The van der Waals surface area contributed by atoms with Gasteiger partial charge in [-0.25, -0.2) is 9.37 Å². The first-order valence-corrected chi connectivity index (χ1v) is 8.51. The Morgan fingerprint density at radius 3 is 2.96 bits per heavy atom. The maximum absolute atomic E-state index is 13.7. The number of piperidine rings is 1. The molecule has 0 spiro atoms. The first kappa shape index (κ1) is 16.7. The van der Waals surface area contributed by atoms with Crippen LogP contribution in [0.4, 0.5) is 4.39 Å². The quantitative estimate of drug-likeness (QED) is 0.857. The number of carbonyl (C=O) groups excluding carboxylic acids is 1. The number of aromatic nitrogens is 1. The van der Waals surface area contributed by atoms with Crippen LogP contribution < -0.4 is 0 Å². The number of hydrogen-bond acceptors (Lipinski definition) is 3. The summed E-state index contributed by atoms with van der Waals surface area (Å²) in [6.45, 7) is 5.29. The lowest BCUT2D eigenvalue weighted by Gasteiger charge is -2.32. The van der Waals surface area contributed by atoms with E-state index in [1.165, 1.54) is 6.07 Å². The van der Waals surface area contributed by atoms with Gasteiger partial charge in [-0.3, -0.25) is 4.79 Å². The van der Waals surface area contributed by atoms with Crippen molar-refractivity contribution in [2.75, 3.05) is 13.1 Å². The molecule has 2 heterocycles. The van der Waals surface area contributed by atoms with E-state index in [0.29, 0.717) is 30.2 Å². The molecule has 0 N–H and O–H groups in total. The van der Waals surface area contributed by atoms with Crippen molar-refractivity contribution >= 4 is 5.91 Å². The van der Waals surface area contributed by atoms with Crippen LogP contribution in [0.1, 0.15) is 49.8 Å². The Kier molecular flexibility index (Phi) is 4.97. The molecule has 0 bridgehead atoms. The minimum absolute atomic E-state index is 0.00456. The Morgan fingerprint density at radius 1 is 1.42 bits per heavy atom. The first-order valence-electron chi connectivity index (χ1n) is 8.51. The standard InChI is InChI=1S/C19H23FN2O2/c1-13(2)19(23)22-9-5-7-15(12-22)18-21-11-16(24-18)10-14-6-3-4-8-17(14)20/h3-4,6,8,11,13,15H,5,7,9-10,12H2,1-2H3/t15-/m1/s1. The fraction of sp³-hybridized carbons (Fsp3) is 0.474. The molecule has 24 heavy (non-hydrogen) atoms. The van der Waals surface area contributed by atoms with Crippen LogP contribution in [0.2, 0.25) is 0 Å². The van der Waals surface area contributed by atoms with E-state index in [0.717, 1.165) is 19.4 Å². The second kappa shape index (κ2) is 7.16. The van der Waals surface area contributed by atoms with Crippen LogP contribution in [0.3, 0.4) is 0 Å². The number of carbonyl (C=O) groups is 1. The highest BCUT2D eigenvalue weighted by Gasteiger charge is 2.28. The lowest BCUT2D eigenvalue weighted by Crippen LogP contribution is -2.41. The highest BCUT2D eigenvalue weighted by atomic mass is 19.1. The highest BCUT2D eigenvalue weighted by Crippen LogP contribution is 2.28. The zero-order chi connectivity index (χ0) is 17.1. The average Bonchev–Trinajstić information content (AvgIpc) is 3.05. The zero-order valence-electron chi connectivity index (χ0n) is 14.2. The number of likely N-dealkylation sites (tertiary alicyclic amines) is 1. The minimum atomic E-state index is -0.234. The summed E-state index contributed by atoms with van der Waals surface area (Å²) in [5.74, 6) is 1.38. The molecular formula is C19H23FN2O2. The van der Waals surface area contributed by atoms with Gasteiger partial charge in [0, 0.05) is 25.4 Å². The normalized spacial score (nSPS) is 18.2. The summed E-state index contributed by atoms with van der Waals surface area (Å²) >= 11 is 0. The Morgan fingerprint density at radius 2 is 2.21 bits per heavy atom.